The van der Waals surface area contributed by atoms with E-state index in [0.717, 1.165) is 31.2 Å². The van der Waals surface area contributed by atoms with E-state index in [9.17, 15) is 14.7 Å². The molecular formula is C31H34N2O5. The summed E-state index contributed by atoms with van der Waals surface area (Å²) in [7, 11) is 0. The Hall–Kier alpha value is -4.13. The Labute approximate surface area is 223 Å². The van der Waals surface area contributed by atoms with E-state index in [1.165, 1.54) is 4.90 Å². The fourth-order valence-electron chi connectivity index (χ4n) is 4.38. The van der Waals surface area contributed by atoms with Gasteiger partial charge in [0.1, 0.15) is 17.3 Å². The smallest absolute Gasteiger partial charge is 0.295 e. The number of carbonyl (C=O) groups is 2. The number of aliphatic hydroxyl groups excluding tert-OH is 1. The van der Waals surface area contributed by atoms with E-state index in [-0.39, 0.29) is 17.9 Å². The van der Waals surface area contributed by atoms with Crippen LogP contribution in [-0.2, 0) is 16.1 Å². The van der Waals surface area contributed by atoms with Gasteiger partial charge in [-0.3, -0.25) is 14.6 Å². The van der Waals surface area contributed by atoms with Crippen LogP contribution in [-0.4, -0.2) is 39.9 Å². The Bertz CT molecular complexity index is 1270. The van der Waals surface area contributed by atoms with E-state index in [2.05, 4.69) is 18.8 Å². The molecule has 2 aromatic carbocycles. The first-order valence-corrected chi connectivity index (χ1v) is 13.2. The Morgan fingerprint density at radius 1 is 0.895 bits per heavy atom. The first-order valence-electron chi connectivity index (χ1n) is 13.2. The van der Waals surface area contributed by atoms with Crippen LogP contribution in [0.4, 0.5) is 0 Å². The Kier molecular flexibility index (Phi) is 9.14. The van der Waals surface area contributed by atoms with Crippen molar-refractivity contribution in [3.8, 4) is 11.5 Å². The number of hydrogen-bond donors (Lipinski definition) is 1. The average Bonchev–Trinajstić information content (AvgIpc) is 3.19. The molecule has 1 amide bonds. The largest absolute Gasteiger partial charge is 0.507 e. The molecule has 1 N–H and O–H groups in total. The number of pyridine rings is 1. The molecule has 0 saturated carbocycles. The molecule has 0 aliphatic carbocycles. The summed E-state index contributed by atoms with van der Waals surface area (Å²) in [5.74, 6) is -0.298. The van der Waals surface area contributed by atoms with Crippen LogP contribution in [0.5, 0.6) is 11.5 Å². The molecule has 1 fully saturated rings. The molecule has 1 unspecified atom stereocenters. The molecule has 0 radical (unpaired) electrons. The fourth-order valence-corrected chi connectivity index (χ4v) is 4.38. The monoisotopic (exact) mass is 514 g/mol. The quantitative estimate of drug-likeness (QED) is 0.137. The zero-order valence-corrected chi connectivity index (χ0v) is 21.9. The number of likely N-dealkylation sites (tertiary alicyclic amines) is 1. The van der Waals surface area contributed by atoms with E-state index in [1.54, 1.807) is 42.7 Å². The lowest BCUT2D eigenvalue weighted by molar-refractivity contribution is -0.140. The van der Waals surface area contributed by atoms with E-state index in [1.807, 2.05) is 30.3 Å². The van der Waals surface area contributed by atoms with Crippen LogP contribution >= 0.6 is 0 Å². The van der Waals surface area contributed by atoms with Crippen molar-refractivity contribution in [2.75, 3.05) is 13.2 Å². The highest BCUT2D eigenvalue weighted by Crippen LogP contribution is 2.41. The lowest BCUT2D eigenvalue weighted by Gasteiger charge is -2.25. The first-order chi connectivity index (χ1) is 18.5. The van der Waals surface area contributed by atoms with Gasteiger partial charge < -0.3 is 19.5 Å². The summed E-state index contributed by atoms with van der Waals surface area (Å²) in [6, 6.07) is 17.2. The van der Waals surface area contributed by atoms with Gasteiger partial charge in [-0.05, 0) is 60.4 Å². The second-order valence-electron chi connectivity index (χ2n) is 9.28. The van der Waals surface area contributed by atoms with Crippen molar-refractivity contribution < 1.29 is 24.2 Å². The van der Waals surface area contributed by atoms with E-state index in [4.69, 9.17) is 9.47 Å². The molecule has 1 aliphatic rings. The third-order valence-corrected chi connectivity index (χ3v) is 6.48. The summed E-state index contributed by atoms with van der Waals surface area (Å²) in [6.07, 6.45) is 7.19. The number of benzene rings is 2. The third-order valence-electron chi connectivity index (χ3n) is 6.48. The number of unbranched alkanes of at least 4 members (excludes halogenated alkanes) is 2. The lowest BCUT2D eigenvalue weighted by Crippen LogP contribution is -2.29. The van der Waals surface area contributed by atoms with Gasteiger partial charge in [-0.15, -0.1) is 0 Å². The van der Waals surface area contributed by atoms with Crippen LogP contribution in [0.2, 0.25) is 0 Å². The van der Waals surface area contributed by atoms with Gasteiger partial charge >= 0.3 is 0 Å². The van der Waals surface area contributed by atoms with E-state index in [0.29, 0.717) is 35.8 Å². The second-order valence-corrected chi connectivity index (χ2v) is 9.28. The number of rotatable bonds is 12. The van der Waals surface area contributed by atoms with Crippen molar-refractivity contribution >= 4 is 17.4 Å². The predicted molar refractivity (Wildman–Crippen MR) is 146 cm³/mol. The summed E-state index contributed by atoms with van der Waals surface area (Å²) < 4.78 is 11.6. The molecule has 3 aromatic rings. The number of nitrogens with zero attached hydrogens (tertiary/aromatic N) is 2. The van der Waals surface area contributed by atoms with Gasteiger partial charge in [0.15, 0.2) is 0 Å². The molecule has 2 heterocycles. The maximum Gasteiger partial charge on any atom is 0.295 e. The van der Waals surface area contributed by atoms with Gasteiger partial charge in [0.05, 0.1) is 24.8 Å². The number of ether oxygens (including phenoxy) is 2. The van der Waals surface area contributed by atoms with Crippen molar-refractivity contribution in [1.82, 2.24) is 9.88 Å². The number of amides is 1. The Morgan fingerprint density at radius 3 is 2.21 bits per heavy atom. The summed E-state index contributed by atoms with van der Waals surface area (Å²) in [6.45, 7) is 5.56. The summed E-state index contributed by atoms with van der Waals surface area (Å²) in [5, 5.41) is 11.4. The van der Waals surface area contributed by atoms with Crippen LogP contribution < -0.4 is 9.47 Å². The maximum atomic E-state index is 13.4. The van der Waals surface area contributed by atoms with Gasteiger partial charge in [0, 0.05) is 24.5 Å². The van der Waals surface area contributed by atoms with Gasteiger partial charge in [-0.1, -0.05) is 51.0 Å². The number of carbonyl (C=O) groups excluding carboxylic acids is 2. The van der Waals surface area contributed by atoms with Crippen molar-refractivity contribution in [2.24, 2.45) is 0 Å². The average molecular weight is 515 g/mol. The van der Waals surface area contributed by atoms with Crippen molar-refractivity contribution in [3.05, 3.63) is 95.3 Å². The zero-order chi connectivity index (χ0) is 26.9. The Morgan fingerprint density at radius 2 is 1.55 bits per heavy atom. The van der Waals surface area contributed by atoms with Gasteiger partial charge in [0.2, 0.25) is 0 Å². The number of aromatic nitrogens is 1. The van der Waals surface area contributed by atoms with E-state index < -0.39 is 17.7 Å². The molecule has 7 heteroatoms. The molecule has 7 nitrogen and oxygen atoms in total. The van der Waals surface area contributed by atoms with Crippen LogP contribution in [0, 0.1) is 0 Å². The topological polar surface area (TPSA) is 89.0 Å². The summed E-state index contributed by atoms with van der Waals surface area (Å²) in [4.78, 5) is 32.2. The highest BCUT2D eigenvalue weighted by molar-refractivity contribution is 6.46. The Balaban J connectivity index is 1.73. The molecular weight excluding hydrogens is 480 g/mol. The molecule has 1 aliphatic heterocycles. The summed E-state index contributed by atoms with van der Waals surface area (Å²) in [5.41, 5.74) is 2.01. The van der Waals surface area contributed by atoms with Crippen LogP contribution in [0.25, 0.3) is 5.76 Å². The van der Waals surface area contributed by atoms with Crippen LogP contribution in [0.15, 0.2) is 78.6 Å². The highest BCUT2D eigenvalue weighted by atomic mass is 16.5. The molecule has 1 atom stereocenters. The number of aliphatic hydroxyl groups is 1. The standard InChI is InChI=1S/C31H34N2O5/c1-3-5-18-37-25-12-10-23(11-13-25)28-27(29(34)24-8-7-9-26(20-24)38-19-6-4-2)30(35)31(36)33(28)21-22-14-16-32-17-15-22/h7-17,20,28,34H,3-6,18-19,21H2,1-2H3/b29-27+. The highest BCUT2D eigenvalue weighted by Gasteiger charge is 2.46. The third kappa shape index (κ3) is 6.22. The summed E-state index contributed by atoms with van der Waals surface area (Å²) >= 11 is 0. The predicted octanol–water partition coefficient (Wildman–Crippen LogP) is 6.06. The van der Waals surface area contributed by atoms with Crippen LogP contribution in [0.3, 0.4) is 0 Å². The zero-order valence-electron chi connectivity index (χ0n) is 21.9. The van der Waals surface area contributed by atoms with Crippen molar-refractivity contribution in [1.29, 1.82) is 0 Å². The minimum Gasteiger partial charge on any atom is -0.507 e. The second kappa shape index (κ2) is 12.9. The van der Waals surface area contributed by atoms with E-state index >= 15 is 0 Å². The number of Topliss-reactive ketones (excluding diaryl/α,β-unsaturated/α-hetero) is 1. The molecule has 0 spiro atoms. The molecule has 198 valence electrons. The van der Waals surface area contributed by atoms with Gasteiger partial charge in [0.25, 0.3) is 11.7 Å². The van der Waals surface area contributed by atoms with Crippen LogP contribution in [0.1, 0.15) is 62.3 Å². The normalized spacial score (nSPS) is 16.6. The lowest BCUT2D eigenvalue weighted by atomic mass is 9.95. The SMILES string of the molecule is CCCCOc1ccc(C2/C(=C(\O)c3cccc(OCCCC)c3)C(=O)C(=O)N2Cc2ccncc2)cc1. The van der Waals surface area contributed by atoms with Crippen molar-refractivity contribution in [3.63, 3.8) is 0 Å². The maximum absolute atomic E-state index is 13.4. The van der Waals surface area contributed by atoms with Crippen molar-refractivity contribution in [2.45, 2.75) is 52.1 Å². The number of ketones is 1. The molecule has 1 aromatic heterocycles. The van der Waals surface area contributed by atoms with Gasteiger partial charge in [-0.2, -0.15) is 0 Å². The minimum atomic E-state index is -0.766. The van der Waals surface area contributed by atoms with Gasteiger partial charge in [-0.25, -0.2) is 0 Å². The molecule has 1 saturated heterocycles. The fraction of sp³-hybridized carbons (Fsp3) is 0.323. The first kappa shape index (κ1) is 26.9. The molecule has 4 rings (SSSR count). The molecule has 38 heavy (non-hydrogen) atoms. The molecule has 0 bridgehead atoms. The number of hydrogen-bond acceptors (Lipinski definition) is 6. The minimum absolute atomic E-state index is 0.0504.